The third-order valence-electron chi connectivity index (χ3n) is 3.52. The molecule has 2 rings (SSSR count). The summed E-state index contributed by atoms with van der Waals surface area (Å²) in [6.45, 7) is 0. The van der Waals surface area contributed by atoms with Gasteiger partial charge in [0, 0.05) is 16.3 Å². The van der Waals surface area contributed by atoms with Crippen LogP contribution in [0.4, 0.5) is 5.69 Å². The van der Waals surface area contributed by atoms with Crippen LogP contribution in [0.3, 0.4) is 0 Å². The number of thioether (sulfide) groups is 2. The molecule has 0 spiro atoms. The number of rotatable bonds is 5. The van der Waals surface area contributed by atoms with Crippen molar-refractivity contribution in [1.29, 1.82) is 10.5 Å². The highest BCUT2D eigenvalue weighted by Crippen LogP contribution is 2.34. The van der Waals surface area contributed by atoms with Crippen LogP contribution in [0.25, 0.3) is 0 Å². The second-order valence-electron chi connectivity index (χ2n) is 5.28. The minimum Gasteiger partial charge on any atom is -0.401 e. The lowest BCUT2D eigenvalue weighted by Gasteiger charge is -2.18. The number of nitrogen functional groups attached to an aromatic ring is 1. The number of para-hydroxylation sites is 1. The highest BCUT2D eigenvalue weighted by molar-refractivity contribution is 8.04. The minimum absolute atomic E-state index is 0.0275. The maximum absolute atomic E-state index is 9.53. The zero-order chi connectivity index (χ0) is 19.1. The standard InChI is InChI=1S/C18H18N6S2/c19-9-11(17(23)25-15-7-3-1-5-13(15)21)12(10-20)18(24)26-16-8-4-2-6-14(16)22/h1-7,16H,8,21-24H2/b17-11+,18-12+. The van der Waals surface area contributed by atoms with E-state index >= 15 is 0 Å². The molecular weight excluding hydrogens is 364 g/mol. The molecule has 1 aliphatic carbocycles. The fourth-order valence-electron chi connectivity index (χ4n) is 2.16. The summed E-state index contributed by atoms with van der Waals surface area (Å²) >= 11 is 2.37. The normalized spacial score (nSPS) is 18.1. The summed E-state index contributed by atoms with van der Waals surface area (Å²) in [6.07, 6.45) is 6.33. The van der Waals surface area contributed by atoms with Crippen LogP contribution < -0.4 is 22.9 Å². The Bertz CT molecular complexity index is 899. The van der Waals surface area contributed by atoms with Gasteiger partial charge >= 0.3 is 0 Å². The van der Waals surface area contributed by atoms with Crippen LogP contribution in [0.2, 0.25) is 0 Å². The average Bonchev–Trinajstić information content (AvgIpc) is 2.63. The molecule has 6 nitrogen and oxygen atoms in total. The fraction of sp³-hybridized carbons (Fsp3) is 0.111. The van der Waals surface area contributed by atoms with Gasteiger partial charge in [-0.05, 0) is 24.6 Å². The van der Waals surface area contributed by atoms with Gasteiger partial charge < -0.3 is 22.9 Å². The highest BCUT2D eigenvalue weighted by atomic mass is 32.2. The van der Waals surface area contributed by atoms with E-state index in [1.54, 1.807) is 24.3 Å². The molecule has 1 aliphatic rings. The molecule has 8 heteroatoms. The summed E-state index contributed by atoms with van der Waals surface area (Å²) in [6, 6.07) is 11.1. The zero-order valence-electron chi connectivity index (χ0n) is 13.8. The van der Waals surface area contributed by atoms with Crippen molar-refractivity contribution in [3.63, 3.8) is 0 Å². The molecule has 0 bridgehead atoms. The van der Waals surface area contributed by atoms with Crippen molar-refractivity contribution in [2.24, 2.45) is 17.2 Å². The van der Waals surface area contributed by atoms with Crippen LogP contribution in [0.5, 0.6) is 0 Å². The summed E-state index contributed by atoms with van der Waals surface area (Å²) in [7, 11) is 0. The lowest BCUT2D eigenvalue weighted by Crippen LogP contribution is -2.18. The SMILES string of the molecule is N#CC(=C(/N)Sc1ccccc1N)/C(C#N)=C(\N)SC1CC=CC=C1N. The van der Waals surface area contributed by atoms with E-state index < -0.39 is 0 Å². The number of benzene rings is 1. The van der Waals surface area contributed by atoms with Crippen LogP contribution >= 0.6 is 23.5 Å². The lowest BCUT2D eigenvalue weighted by molar-refractivity contribution is 0.965. The molecule has 0 heterocycles. The van der Waals surface area contributed by atoms with Crippen molar-refractivity contribution >= 4 is 29.2 Å². The van der Waals surface area contributed by atoms with Gasteiger partial charge in [0.2, 0.25) is 0 Å². The van der Waals surface area contributed by atoms with E-state index in [-0.39, 0.29) is 26.5 Å². The zero-order valence-corrected chi connectivity index (χ0v) is 15.5. The van der Waals surface area contributed by atoms with Gasteiger partial charge in [-0.1, -0.05) is 47.8 Å². The van der Waals surface area contributed by atoms with Crippen LogP contribution in [-0.4, -0.2) is 5.25 Å². The Morgan fingerprint density at radius 1 is 1.04 bits per heavy atom. The van der Waals surface area contributed by atoms with Gasteiger partial charge in [-0.25, -0.2) is 0 Å². The predicted octanol–water partition coefficient (Wildman–Crippen LogP) is 2.65. The second kappa shape index (κ2) is 8.95. The molecular formula is C18H18N6S2. The van der Waals surface area contributed by atoms with Crippen molar-refractivity contribution in [3.8, 4) is 12.1 Å². The molecule has 0 radical (unpaired) electrons. The molecule has 0 amide bonds. The molecule has 0 fully saturated rings. The van der Waals surface area contributed by atoms with Crippen LogP contribution in [0.1, 0.15) is 6.42 Å². The second-order valence-corrected chi connectivity index (χ2v) is 7.61. The molecule has 1 aromatic carbocycles. The van der Waals surface area contributed by atoms with Crippen LogP contribution in [-0.2, 0) is 0 Å². The Balaban J connectivity index is 2.34. The molecule has 0 saturated carbocycles. The largest absolute Gasteiger partial charge is 0.401 e. The fourth-order valence-corrected chi connectivity index (χ4v) is 3.98. The molecule has 0 aliphatic heterocycles. The van der Waals surface area contributed by atoms with Crippen molar-refractivity contribution in [3.05, 3.63) is 69.4 Å². The third kappa shape index (κ3) is 4.57. The van der Waals surface area contributed by atoms with Crippen LogP contribution in [0.15, 0.2) is 74.3 Å². The molecule has 8 N–H and O–H groups in total. The van der Waals surface area contributed by atoms with Crippen molar-refractivity contribution in [2.75, 3.05) is 5.73 Å². The Labute approximate surface area is 160 Å². The van der Waals surface area contributed by atoms with E-state index in [0.717, 1.165) is 11.8 Å². The molecule has 0 saturated heterocycles. The molecule has 132 valence electrons. The number of anilines is 1. The van der Waals surface area contributed by atoms with E-state index in [2.05, 4.69) is 0 Å². The van der Waals surface area contributed by atoms with E-state index in [1.807, 2.05) is 30.4 Å². The van der Waals surface area contributed by atoms with Crippen molar-refractivity contribution < 1.29 is 0 Å². The van der Waals surface area contributed by atoms with Crippen LogP contribution in [0, 0.1) is 22.7 Å². The molecule has 0 aromatic heterocycles. The van der Waals surface area contributed by atoms with Gasteiger partial charge in [0.1, 0.15) is 23.3 Å². The number of nitrogens with two attached hydrogens (primary N) is 4. The van der Waals surface area contributed by atoms with Gasteiger partial charge in [0.15, 0.2) is 0 Å². The third-order valence-corrected chi connectivity index (χ3v) is 5.74. The quantitative estimate of drug-likeness (QED) is 0.262. The number of allylic oxidation sites excluding steroid dienone is 5. The minimum atomic E-state index is -0.0815. The molecule has 26 heavy (non-hydrogen) atoms. The number of hydrogen-bond donors (Lipinski definition) is 4. The van der Waals surface area contributed by atoms with Gasteiger partial charge in [0.25, 0.3) is 0 Å². The van der Waals surface area contributed by atoms with Gasteiger partial charge in [-0.3, -0.25) is 0 Å². The van der Waals surface area contributed by atoms with E-state index in [1.165, 1.54) is 11.8 Å². The predicted molar refractivity (Wildman–Crippen MR) is 108 cm³/mol. The first-order chi connectivity index (χ1) is 12.5. The monoisotopic (exact) mass is 382 g/mol. The Morgan fingerprint density at radius 2 is 1.69 bits per heavy atom. The first-order valence-corrected chi connectivity index (χ1v) is 9.28. The summed E-state index contributed by atoms with van der Waals surface area (Å²) in [5.41, 5.74) is 25.3. The molecule has 1 unspecified atom stereocenters. The smallest absolute Gasteiger partial charge is 0.103 e. The van der Waals surface area contributed by atoms with Crippen molar-refractivity contribution in [1.82, 2.24) is 0 Å². The van der Waals surface area contributed by atoms with E-state index in [9.17, 15) is 10.5 Å². The van der Waals surface area contributed by atoms with E-state index in [0.29, 0.717) is 22.7 Å². The Hall–Kier alpha value is -2.94. The summed E-state index contributed by atoms with van der Waals surface area (Å²) in [5.74, 6) is 0. The summed E-state index contributed by atoms with van der Waals surface area (Å²) in [4.78, 5) is 0.700. The molecule has 1 atom stereocenters. The van der Waals surface area contributed by atoms with Gasteiger partial charge in [-0.2, -0.15) is 10.5 Å². The topological polar surface area (TPSA) is 152 Å². The number of hydrogen-bond acceptors (Lipinski definition) is 8. The Kier molecular flexibility index (Phi) is 6.67. The first kappa shape index (κ1) is 19.4. The number of nitriles is 2. The Morgan fingerprint density at radius 3 is 2.31 bits per heavy atom. The highest BCUT2D eigenvalue weighted by Gasteiger charge is 2.20. The maximum Gasteiger partial charge on any atom is 0.103 e. The van der Waals surface area contributed by atoms with Gasteiger partial charge in [0.05, 0.1) is 15.3 Å². The summed E-state index contributed by atoms with van der Waals surface area (Å²) < 4.78 is 0. The summed E-state index contributed by atoms with van der Waals surface area (Å²) in [5, 5.41) is 19.3. The molecule has 1 aromatic rings. The van der Waals surface area contributed by atoms with E-state index in [4.69, 9.17) is 22.9 Å². The lowest BCUT2D eigenvalue weighted by atomic mass is 10.1. The average molecular weight is 383 g/mol. The number of nitrogens with zero attached hydrogens (tertiary/aromatic N) is 2. The first-order valence-electron chi connectivity index (χ1n) is 7.59. The maximum atomic E-state index is 9.53. The van der Waals surface area contributed by atoms with Crippen molar-refractivity contribution in [2.45, 2.75) is 16.6 Å². The van der Waals surface area contributed by atoms with Gasteiger partial charge in [-0.15, -0.1) is 0 Å².